The van der Waals surface area contributed by atoms with E-state index >= 15 is 0 Å². The minimum absolute atomic E-state index is 0.664. The molecule has 2 aromatic rings. The molecule has 0 unspecified atom stereocenters. The fourth-order valence-corrected chi connectivity index (χ4v) is 2.98. The fourth-order valence-electron chi connectivity index (χ4n) is 2.82. The quantitative estimate of drug-likeness (QED) is 0.767. The van der Waals surface area contributed by atoms with Crippen LogP contribution in [0.25, 0.3) is 0 Å². The first-order chi connectivity index (χ1) is 11.8. The Balaban J connectivity index is 0.000000815. The molecule has 0 spiro atoms. The highest BCUT2D eigenvalue weighted by Gasteiger charge is 2.23. The topological polar surface area (TPSA) is 36.9 Å². The Morgan fingerprint density at radius 3 is 2.58 bits per heavy atom. The summed E-state index contributed by atoms with van der Waals surface area (Å²) in [6, 6.07) is 13.6. The number of hydrogen-bond acceptors (Lipinski definition) is 4. The van der Waals surface area contributed by atoms with Crippen LogP contribution in [0.15, 0.2) is 47.5 Å². The minimum Gasteiger partial charge on any atom is -0.454 e. The zero-order valence-corrected chi connectivity index (χ0v) is 14.8. The molecule has 0 bridgehead atoms. The SMILES string of the molecule is CC.Clc1ccc2c(c1)N=C(N1CCNCC1)c1ccccc1O2. The molecule has 1 fully saturated rings. The van der Waals surface area contributed by atoms with Crippen molar-refractivity contribution >= 4 is 23.1 Å². The third kappa shape index (κ3) is 3.40. The van der Waals surface area contributed by atoms with E-state index < -0.39 is 0 Å². The third-order valence-corrected chi connectivity index (χ3v) is 4.15. The Labute approximate surface area is 148 Å². The van der Waals surface area contributed by atoms with Crippen LogP contribution >= 0.6 is 11.6 Å². The maximum absolute atomic E-state index is 6.13. The monoisotopic (exact) mass is 343 g/mol. The number of nitrogens with zero attached hydrogens (tertiary/aromatic N) is 2. The molecule has 2 heterocycles. The van der Waals surface area contributed by atoms with Gasteiger partial charge in [-0.25, -0.2) is 4.99 Å². The third-order valence-electron chi connectivity index (χ3n) is 3.91. The van der Waals surface area contributed by atoms with E-state index in [2.05, 4.69) is 16.3 Å². The van der Waals surface area contributed by atoms with E-state index in [1.54, 1.807) is 0 Å². The van der Waals surface area contributed by atoms with Gasteiger partial charge in [-0.2, -0.15) is 0 Å². The molecule has 2 aromatic carbocycles. The maximum Gasteiger partial charge on any atom is 0.153 e. The number of nitrogens with one attached hydrogen (secondary N) is 1. The Morgan fingerprint density at radius 2 is 1.79 bits per heavy atom. The van der Waals surface area contributed by atoms with Gasteiger partial charge in [0.25, 0.3) is 0 Å². The summed E-state index contributed by atoms with van der Waals surface area (Å²) >= 11 is 6.13. The molecule has 126 valence electrons. The van der Waals surface area contributed by atoms with Crippen molar-refractivity contribution in [1.82, 2.24) is 10.2 Å². The van der Waals surface area contributed by atoms with Crippen molar-refractivity contribution in [3.8, 4) is 11.5 Å². The molecule has 2 aliphatic heterocycles. The molecule has 2 aliphatic rings. The first kappa shape index (κ1) is 16.8. The number of aliphatic imine (C=N–C) groups is 1. The number of ether oxygens (including phenoxy) is 1. The zero-order valence-electron chi connectivity index (χ0n) is 14.1. The Bertz CT molecular complexity index is 739. The summed E-state index contributed by atoms with van der Waals surface area (Å²) in [6.45, 7) is 7.79. The van der Waals surface area contributed by atoms with Crippen molar-refractivity contribution in [3.63, 3.8) is 0 Å². The van der Waals surface area contributed by atoms with E-state index in [0.717, 1.165) is 54.8 Å². The van der Waals surface area contributed by atoms with E-state index in [4.69, 9.17) is 21.3 Å². The minimum atomic E-state index is 0.664. The van der Waals surface area contributed by atoms with Crippen LogP contribution in [0.5, 0.6) is 11.5 Å². The molecule has 4 rings (SSSR count). The number of halogens is 1. The van der Waals surface area contributed by atoms with E-state index in [1.807, 2.05) is 50.2 Å². The van der Waals surface area contributed by atoms with E-state index in [-0.39, 0.29) is 0 Å². The molecular weight excluding hydrogens is 322 g/mol. The number of amidine groups is 1. The molecule has 0 aliphatic carbocycles. The van der Waals surface area contributed by atoms with Crippen LogP contribution in [0, 0.1) is 0 Å². The van der Waals surface area contributed by atoms with Gasteiger partial charge in [0.15, 0.2) is 5.75 Å². The number of para-hydroxylation sites is 1. The van der Waals surface area contributed by atoms with Gasteiger partial charge in [0.2, 0.25) is 0 Å². The molecule has 5 heteroatoms. The molecule has 0 atom stereocenters. The summed E-state index contributed by atoms with van der Waals surface area (Å²) in [5.41, 5.74) is 1.80. The van der Waals surface area contributed by atoms with Gasteiger partial charge in [-0.05, 0) is 30.3 Å². The van der Waals surface area contributed by atoms with Gasteiger partial charge in [-0.1, -0.05) is 37.6 Å². The highest BCUT2D eigenvalue weighted by atomic mass is 35.5. The Morgan fingerprint density at radius 1 is 1.04 bits per heavy atom. The first-order valence-corrected chi connectivity index (χ1v) is 8.80. The van der Waals surface area contributed by atoms with Gasteiger partial charge < -0.3 is 15.0 Å². The van der Waals surface area contributed by atoms with Gasteiger partial charge in [0.05, 0.1) is 5.56 Å². The predicted molar refractivity (Wildman–Crippen MR) is 100.0 cm³/mol. The molecular formula is C19H22ClN3O. The van der Waals surface area contributed by atoms with Crippen LogP contribution in [-0.4, -0.2) is 36.9 Å². The standard InChI is InChI=1S/C17H16ClN3O.C2H6/c18-12-5-6-16-14(11-12)20-17(21-9-7-19-8-10-21)13-3-1-2-4-15(13)22-16;1-2/h1-6,11,19H,7-10H2;1-2H3. The summed E-state index contributed by atoms with van der Waals surface area (Å²) in [7, 11) is 0. The van der Waals surface area contributed by atoms with Gasteiger partial charge in [-0.3, -0.25) is 0 Å². The summed E-state index contributed by atoms with van der Waals surface area (Å²) in [6.07, 6.45) is 0. The maximum atomic E-state index is 6.13. The lowest BCUT2D eigenvalue weighted by atomic mass is 10.1. The van der Waals surface area contributed by atoms with Crippen molar-refractivity contribution in [2.24, 2.45) is 4.99 Å². The molecule has 24 heavy (non-hydrogen) atoms. The number of piperazine rings is 1. The fraction of sp³-hybridized carbons (Fsp3) is 0.316. The largest absolute Gasteiger partial charge is 0.454 e. The van der Waals surface area contributed by atoms with Crippen molar-refractivity contribution < 1.29 is 4.74 Å². The molecule has 4 nitrogen and oxygen atoms in total. The number of rotatable bonds is 0. The highest BCUT2D eigenvalue weighted by Crippen LogP contribution is 2.39. The van der Waals surface area contributed by atoms with E-state index in [1.165, 1.54) is 0 Å². The molecule has 0 aromatic heterocycles. The summed E-state index contributed by atoms with van der Waals surface area (Å²) in [5.74, 6) is 2.53. The van der Waals surface area contributed by atoms with E-state index in [0.29, 0.717) is 5.02 Å². The van der Waals surface area contributed by atoms with Crippen molar-refractivity contribution in [1.29, 1.82) is 0 Å². The zero-order chi connectivity index (χ0) is 16.9. The Hall–Kier alpha value is -2.04. The second-order valence-corrected chi connectivity index (χ2v) is 5.82. The number of benzene rings is 2. The number of fused-ring (bicyclic) bond motifs is 2. The summed E-state index contributed by atoms with van der Waals surface area (Å²) < 4.78 is 6.06. The van der Waals surface area contributed by atoms with Gasteiger partial charge in [0.1, 0.15) is 17.3 Å². The Kier molecular flexibility index (Phi) is 5.38. The molecule has 0 saturated carbocycles. The van der Waals surface area contributed by atoms with E-state index in [9.17, 15) is 0 Å². The van der Waals surface area contributed by atoms with Gasteiger partial charge >= 0.3 is 0 Å². The molecule has 1 N–H and O–H groups in total. The summed E-state index contributed by atoms with van der Waals surface area (Å²) in [4.78, 5) is 7.17. The summed E-state index contributed by atoms with van der Waals surface area (Å²) in [5, 5.41) is 4.04. The van der Waals surface area contributed by atoms with Crippen LogP contribution in [0.4, 0.5) is 5.69 Å². The molecule has 1 saturated heterocycles. The first-order valence-electron chi connectivity index (χ1n) is 8.42. The van der Waals surface area contributed by atoms with Gasteiger partial charge in [0, 0.05) is 31.2 Å². The lowest BCUT2D eigenvalue weighted by Gasteiger charge is -2.30. The number of hydrogen-bond donors (Lipinski definition) is 1. The lowest BCUT2D eigenvalue weighted by molar-refractivity contribution is 0.357. The van der Waals surface area contributed by atoms with Crippen LogP contribution < -0.4 is 10.1 Å². The lowest BCUT2D eigenvalue weighted by Crippen LogP contribution is -2.46. The second-order valence-electron chi connectivity index (χ2n) is 5.38. The van der Waals surface area contributed by atoms with Crippen molar-refractivity contribution in [2.45, 2.75) is 13.8 Å². The average molecular weight is 344 g/mol. The van der Waals surface area contributed by atoms with Crippen LogP contribution in [-0.2, 0) is 0 Å². The smallest absolute Gasteiger partial charge is 0.153 e. The van der Waals surface area contributed by atoms with Crippen molar-refractivity contribution in [3.05, 3.63) is 53.1 Å². The highest BCUT2D eigenvalue weighted by molar-refractivity contribution is 6.31. The van der Waals surface area contributed by atoms with Crippen molar-refractivity contribution in [2.75, 3.05) is 26.2 Å². The second kappa shape index (κ2) is 7.69. The normalized spacial score (nSPS) is 15.8. The van der Waals surface area contributed by atoms with Crippen LogP contribution in [0.1, 0.15) is 19.4 Å². The molecule has 0 radical (unpaired) electrons. The van der Waals surface area contributed by atoms with Crippen LogP contribution in [0.2, 0.25) is 5.02 Å². The predicted octanol–water partition coefficient (Wildman–Crippen LogP) is 4.46. The van der Waals surface area contributed by atoms with Crippen LogP contribution in [0.3, 0.4) is 0 Å². The molecule has 0 amide bonds. The average Bonchev–Trinajstić information content (AvgIpc) is 2.80. The van der Waals surface area contributed by atoms with Gasteiger partial charge in [-0.15, -0.1) is 0 Å².